The van der Waals surface area contributed by atoms with E-state index in [-0.39, 0.29) is 25.2 Å². The van der Waals surface area contributed by atoms with Gasteiger partial charge in [-0.3, -0.25) is 9.59 Å². The molecule has 0 aliphatic carbocycles. The number of aliphatic hydroxyl groups is 1. The Hall–Kier alpha value is -1.88. The minimum atomic E-state index is -0.771. The second-order valence-electron chi connectivity index (χ2n) is 21.8. The standard InChI is InChI=1S/C66H124O5/c1-3-5-7-9-11-13-15-17-19-21-23-24-25-26-27-28-29-30-31-32-33-34-35-36-37-38-39-40-41-42-43-45-47-49-51-53-55-57-59-61-66(69)71-64(62-67)63-70-65(68)60-58-56-54-52-50-48-46-44-22-20-18-16-14-12-10-8-6-4-2/h15,17,20-23,64,67H,3-14,16,18-19,24-63H2,1-2H3/b17-15-,22-20-,23-21-. The summed E-state index contributed by atoms with van der Waals surface area (Å²) in [6, 6.07) is 0. The third-order valence-electron chi connectivity index (χ3n) is 14.7. The van der Waals surface area contributed by atoms with Gasteiger partial charge in [-0.2, -0.15) is 0 Å². The lowest BCUT2D eigenvalue weighted by Gasteiger charge is -2.15. The van der Waals surface area contributed by atoms with Crippen molar-refractivity contribution in [2.45, 2.75) is 360 Å². The van der Waals surface area contributed by atoms with Gasteiger partial charge in [0.15, 0.2) is 6.10 Å². The number of hydrogen-bond acceptors (Lipinski definition) is 5. The lowest BCUT2D eigenvalue weighted by Crippen LogP contribution is -2.28. The zero-order valence-electron chi connectivity index (χ0n) is 48.0. The van der Waals surface area contributed by atoms with Crippen LogP contribution in [0.1, 0.15) is 354 Å². The van der Waals surface area contributed by atoms with E-state index in [4.69, 9.17) is 9.47 Å². The molecule has 0 aromatic heterocycles. The molecule has 0 aromatic carbocycles. The first kappa shape index (κ1) is 69.1. The molecule has 1 atom stereocenters. The first-order chi connectivity index (χ1) is 35.1. The number of ether oxygens (including phenoxy) is 2. The summed E-state index contributed by atoms with van der Waals surface area (Å²) < 4.78 is 10.7. The average molecular weight is 998 g/mol. The summed E-state index contributed by atoms with van der Waals surface area (Å²) in [6.07, 6.45) is 81.7. The molecule has 0 aliphatic rings. The molecule has 0 rings (SSSR count). The van der Waals surface area contributed by atoms with Crippen LogP contribution in [0.3, 0.4) is 0 Å². The quantitative estimate of drug-likeness (QED) is 0.0373. The van der Waals surface area contributed by atoms with Crippen LogP contribution < -0.4 is 0 Å². The Bertz CT molecular complexity index is 1130. The summed E-state index contributed by atoms with van der Waals surface area (Å²) in [5, 5.41) is 9.66. The fourth-order valence-electron chi connectivity index (χ4n) is 9.82. The summed E-state index contributed by atoms with van der Waals surface area (Å²) in [6.45, 7) is 4.17. The van der Waals surface area contributed by atoms with Gasteiger partial charge in [0.1, 0.15) is 6.61 Å². The number of carbonyl (C=O) groups excluding carboxylic acids is 2. The number of rotatable bonds is 60. The van der Waals surface area contributed by atoms with Crippen molar-refractivity contribution < 1.29 is 24.2 Å². The largest absolute Gasteiger partial charge is 0.462 e. The maximum absolute atomic E-state index is 12.3. The second-order valence-corrected chi connectivity index (χ2v) is 21.8. The summed E-state index contributed by atoms with van der Waals surface area (Å²) in [5.74, 6) is -0.576. The van der Waals surface area contributed by atoms with Crippen molar-refractivity contribution in [3.63, 3.8) is 0 Å². The molecule has 0 fully saturated rings. The molecule has 0 bridgehead atoms. The molecule has 0 saturated heterocycles. The molecule has 0 radical (unpaired) electrons. The van der Waals surface area contributed by atoms with Crippen LogP contribution in [0.15, 0.2) is 36.5 Å². The highest BCUT2D eigenvalue weighted by Gasteiger charge is 2.16. The first-order valence-corrected chi connectivity index (χ1v) is 32.0. The van der Waals surface area contributed by atoms with E-state index in [0.717, 1.165) is 44.9 Å². The van der Waals surface area contributed by atoms with Crippen molar-refractivity contribution in [3.05, 3.63) is 36.5 Å². The molecule has 71 heavy (non-hydrogen) atoms. The minimum Gasteiger partial charge on any atom is -0.462 e. The van der Waals surface area contributed by atoms with E-state index in [1.807, 2.05) is 0 Å². The molecule has 0 amide bonds. The molecule has 5 heteroatoms. The lowest BCUT2D eigenvalue weighted by molar-refractivity contribution is -0.161. The van der Waals surface area contributed by atoms with Crippen LogP contribution >= 0.6 is 0 Å². The highest BCUT2D eigenvalue weighted by Crippen LogP contribution is 2.18. The van der Waals surface area contributed by atoms with Crippen molar-refractivity contribution in [2.75, 3.05) is 13.2 Å². The second kappa shape index (κ2) is 62.4. The Balaban J connectivity index is 3.37. The highest BCUT2D eigenvalue weighted by atomic mass is 16.6. The Kier molecular flexibility index (Phi) is 60.8. The molecule has 418 valence electrons. The molecular formula is C66H124O5. The molecule has 0 aliphatic heterocycles. The van der Waals surface area contributed by atoms with Gasteiger partial charge >= 0.3 is 11.9 Å². The van der Waals surface area contributed by atoms with Gasteiger partial charge in [-0.15, -0.1) is 0 Å². The van der Waals surface area contributed by atoms with Gasteiger partial charge in [0.05, 0.1) is 6.61 Å². The summed E-state index contributed by atoms with van der Waals surface area (Å²) in [4.78, 5) is 24.5. The number of hydrogen-bond donors (Lipinski definition) is 1. The number of allylic oxidation sites excluding steroid dienone is 6. The van der Waals surface area contributed by atoms with E-state index >= 15 is 0 Å². The lowest BCUT2D eigenvalue weighted by atomic mass is 10.0. The fourth-order valence-corrected chi connectivity index (χ4v) is 9.82. The Morgan fingerprint density at radius 1 is 0.324 bits per heavy atom. The molecular weight excluding hydrogens is 873 g/mol. The van der Waals surface area contributed by atoms with Crippen LogP contribution in [0.4, 0.5) is 0 Å². The molecule has 5 nitrogen and oxygen atoms in total. The van der Waals surface area contributed by atoms with E-state index in [1.54, 1.807) is 0 Å². The first-order valence-electron chi connectivity index (χ1n) is 32.0. The number of esters is 2. The van der Waals surface area contributed by atoms with Crippen LogP contribution in [-0.2, 0) is 19.1 Å². The SMILES string of the molecule is CCCCCCC/C=C\C/C=C\CCCCCCCCCCCCCCCCCCCCCCCCCCCCCC(=O)OC(CO)COC(=O)CCCCCCCCC/C=C\CCCCCCCCC. The molecule has 1 N–H and O–H groups in total. The highest BCUT2D eigenvalue weighted by molar-refractivity contribution is 5.70. The zero-order chi connectivity index (χ0) is 51.3. The number of carbonyl (C=O) groups is 2. The van der Waals surface area contributed by atoms with Gasteiger partial charge in [-0.1, -0.05) is 307 Å². The molecule has 0 heterocycles. The van der Waals surface area contributed by atoms with Crippen molar-refractivity contribution >= 4 is 11.9 Å². The van der Waals surface area contributed by atoms with Gasteiger partial charge in [0.2, 0.25) is 0 Å². The third kappa shape index (κ3) is 60.6. The van der Waals surface area contributed by atoms with Crippen LogP contribution in [0.2, 0.25) is 0 Å². The van der Waals surface area contributed by atoms with Gasteiger partial charge < -0.3 is 14.6 Å². The Labute approximate surface area is 444 Å². The maximum Gasteiger partial charge on any atom is 0.306 e. The van der Waals surface area contributed by atoms with Gasteiger partial charge in [0.25, 0.3) is 0 Å². The van der Waals surface area contributed by atoms with Crippen molar-refractivity contribution in [1.82, 2.24) is 0 Å². The molecule has 0 aromatic rings. The van der Waals surface area contributed by atoms with Gasteiger partial charge in [-0.25, -0.2) is 0 Å². The smallest absolute Gasteiger partial charge is 0.306 e. The van der Waals surface area contributed by atoms with Crippen molar-refractivity contribution in [3.8, 4) is 0 Å². The topological polar surface area (TPSA) is 72.8 Å². The Morgan fingerprint density at radius 3 is 0.845 bits per heavy atom. The normalized spacial score (nSPS) is 12.3. The van der Waals surface area contributed by atoms with Crippen LogP contribution in [0.25, 0.3) is 0 Å². The van der Waals surface area contributed by atoms with Gasteiger partial charge in [-0.05, 0) is 70.6 Å². The monoisotopic (exact) mass is 997 g/mol. The van der Waals surface area contributed by atoms with E-state index in [2.05, 4.69) is 50.3 Å². The summed E-state index contributed by atoms with van der Waals surface area (Å²) >= 11 is 0. The van der Waals surface area contributed by atoms with Crippen LogP contribution in [0, 0.1) is 0 Å². The predicted octanol–water partition coefficient (Wildman–Crippen LogP) is 21.8. The molecule has 0 saturated carbocycles. The maximum atomic E-state index is 12.3. The Morgan fingerprint density at radius 2 is 0.563 bits per heavy atom. The van der Waals surface area contributed by atoms with E-state index in [1.165, 1.54) is 283 Å². The van der Waals surface area contributed by atoms with Crippen LogP contribution in [0.5, 0.6) is 0 Å². The number of aliphatic hydroxyl groups excluding tert-OH is 1. The van der Waals surface area contributed by atoms with Gasteiger partial charge in [0, 0.05) is 12.8 Å². The summed E-state index contributed by atoms with van der Waals surface area (Å²) in [7, 11) is 0. The van der Waals surface area contributed by atoms with E-state index in [0.29, 0.717) is 12.8 Å². The average Bonchev–Trinajstić information content (AvgIpc) is 3.37. The van der Waals surface area contributed by atoms with Crippen molar-refractivity contribution in [2.24, 2.45) is 0 Å². The molecule has 1 unspecified atom stereocenters. The predicted molar refractivity (Wildman–Crippen MR) is 311 cm³/mol. The van der Waals surface area contributed by atoms with E-state index in [9.17, 15) is 14.7 Å². The summed E-state index contributed by atoms with van der Waals surface area (Å²) in [5.41, 5.74) is 0. The fraction of sp³-hybridized carbons (Fsp3) is 0.879. The molecule has 0 spiro atoms. The van der Waals surface area contributed by atoms with Crippen LogP contribution in [-0.4, -0.2) is 36.4 Å². The minimum absolute atomic E-state index is 0.0627. The van der Waals surface area contributed by atoms with E-state index < -0.39 is 6.10 Å². The number of unbranched alkanes of at least 4 members (excludes halogenated alkanes) is 46. The zero-order valence-corrected chi connectivity index (χ0v) is 48.0. The van der Waals surface area contributed by atoms with Crippen molar-refractivity contribution in [1.29, 1.82) is 0 Å². The third-order valence-corrected chi connectivity index (χ3v) is 14.7.